The summed E-state index contributed by atoms with van der Waals surface area (Å²) in [7, 11) is 0. The predicted molar refractivity (Wildman–Crippen MR) is 149 cm³/mol. The second-order valence-electron chi connectivity index (χ2n) is 14.0. The molecular weight excluding hydrogens is 460 g/mol. The number of carbonyl (C=O) groups excluding carboxylic acids is 2. The Hall–Kier alpha value is -1.58. The smallest absolute Gasteiger partial charge is 0.344 e. The zero-order valence-corrected chi connectivity index (χ0v) is 24.4. The summed E-state index contributed by atoms with van der Waals surface area (Å²) >= 11 is 0. The average Bonchev–Trinajstić information content (AvgIpc) is 3.19. The highest BCUT2D eigenvalue weighted by atomic mass is 16.6. The Bertz CT molecular complexity index is 902. The Labute approximate surface area is 226 Å². The maximum atomic E-state index is 12.3. The van der Waals surface area contributed by atoms with Crippen molar-refractivity contribution in [1.29, 1.82) is 0 Å². The van der Waals surface area contributed by atoms with E-state index >= 15 is 0 Å². The first kappa shape index (κ1) is 28.4. The van der Waals surface area contributed by atoms with Crippen LogP contribution in [0.25, 0.3) is 0 Å². The van der Waals surface area contributed by atoms with Crippen molar-refractivity contribution in [2.24, 2.45) is 46.3 Å². The summed E-state index contributed by atoms with van der Waals surface area (Å²) in [6.07, 6.45) is 16.2. The molecule has 0 aromatic carbocycles. The van der Waals surface area contributed by atoms with E-state index in [2.05, 4.69) is 47.3 Å². The molecule has 0 aliphatic heterocycles. The summed E-state index contributed by atoms with van der Waals surface area (Å²) in [5, 5.41) is 0. The fraction of sp³-hybridized carbons (Fsp3) is 0.818. The molecule has 0 aromatic heterocycles. The lowest BCUT2D eigenvalue weighted by molar-refractivity contribution is -0.162. The summed E-state index contributed by atoms with van der Waals surface area (Å²) < 4.78 is 10.7. The van der Waals surface area contributed by atoms with Gasteiger partial charge in [-0.25, -0.2) is 9.59 Å². The van der Waals surface area contributed by atoms with Crippen molar-refractivity contribution >= 4 is 11.9 Å². The quantitative estimate of drug-likeness (QED) is 0.178. The molecule has 4 aliphatic rings. The van der Waals surface area contributed by atoms with Crippen LogP contribution < -0.4 is 0 Å². The van der Waals surface area contributed by atoms with E-state index in [1.165, 1.54) is 56.9 Å². The lowest BCUT2D eigenvalue weighted by Gasteiger charge is -2.58. The Balaban J connectivity index is 1.38. The second kappa shape index (κ2) is 11.3. The van der Waals surface area contributed by atoms with Crippen LogP contribution in [0.2, 0.25) is 0 Å². The zero-order valence-electron chi connectivity index (χ0n) is 24.4. The Morgan fingerprint density at radius 1 is 1.05 bits per heavy atom. The molecule has 4 aliphatic carbocycles. The third-order valence-electron chi connectivity index (χ3n) is 11.2. The number of hydrogen-bond acceptors (Lipinski definition) is 4. The number of rotatable bonds is 9. The molecule has 0 bridgehead atoms. The van der Waals surface area contributed by atoms with Crippen LogP contribution in [0.4, 0.5) is 0 Å². The first-order valence-corrected chi connectivity index (χ1v) is 15.2. The van der Waals surface area contributed by atoms with E-state index in [-0.39, 0.29) is 18.1 Å². The van der Waals surface area contributed by atoms with Crippen LogP contribution in [-0.4, -0.2) is 24.6 Å². The molecule has 0 heterocycles. The number of esters is 2. The lowest BCUT2D eigenvalue weighted by atomic mass is 9.47. The molecule has 0 radical (unpaired) electrons. The monoisotopic (exact) mass is 512 g/mol. The molecule has 0 aromatic rings. The fourth-order valence-corrected chi connectivity index (χ4v) is 9.22. The molecule has 3 saturated carbocycles. The number of hydrogen-bond donors (Lipinski definition) is 0. The summed E-state index contributed by atoms with van der Waals surface area (Å²) in [6.45, 7) is 17.2. The van der Waals surface area contributed by atoms with E-state index in [4.69, 9.17) is 9.47 Å². The van der Waals surface area contributed by atoms with Crippen molar-refractivity contribution < 1.29 is 19.1 Å². The highest BCUT2D eigenvalue weighted by Crippen LogP contribution is 2.67. The van der Waals surface area contributed by atoms with Crippen molar-refractivity contribution in [2.45, 2.75) is 118 Å². The van der Waals surface area contributed by atoms with Crippen LogP contribution >= 0.6 is 0 Å². The Morgan fingerprint density at radius 2 is 1.81 bits per heavy atom. The maximum Gasteiger partial charge on any atom is 0.344 e. The number of allylic oxidation sites excluding steroid dienone is 1. The highest BCUT2D eigenvalue weighted by Gasteiger charge is 2.59. The summed E-state index contributed by atoms with van der Waals surface area (Å²) in [4.78, 5) is 23.9. The van der Waals surface area contributed by atoms with Crippen LogP contribution in [0.15, 0.2) is 23.8 Å². The molecule has 4 rings (SSSR count). The molecular formula is C33H52O4. The van der Waals surface area contributed by atoms with E-state index in [0.717, 1.165) is 54.8 Å². The van der Waals surface area contributed by atoms with Crippen molar-refractivity contribution in [3.8, 4) is 0 Å². The number of fused-ring (bicyclic) bond motifs is 5. The molecule has 0 spiro atoms. The van der Waals surface area contributed by atoms with E-state index in [9.17, 15) is 9.59 Å². The molecule has 0 saturated heterocycles. The minimum Gasteiger partial charge on any atom is -0.460 e. The van der Waals surface area contributed by atoms with Gasteiger partial charge < -0.3 is 9.47 Å². The lowest BCUT2D eigenvalue weighted by Crippen LogP contribution is -2.51. The molecule has 0 amide bonds. The first-order valence-electron chi connectivity index (χ1n) is 15.2. The normalized spacial score (nSPS) is 37.6. The first-order chi connectivity index (χ1) is 17.5. The summed E-state index contributed by atoms with van der Waals surface area (Å²) in [6, 6.07) is 0. The van der Waals surface area contributed by atoms with Crippen LogP contribution in [0.1, 0.15) is 112 Å². The summed E-state index contributed by atoms with van der Waals surface area (Å²) in [5.41, 5.74) is 2.55. The van der Waals surface area contributed by atoms with E-state index in [0.29, 0.717) is 11.0 Å². The van der Waals surface area contributed by atoms with Gasteiger partial charge in [-0.1, -0.05) is 72.1 Å². The van der Waals surface area contributed by atoms with Crippen molar-refractivity contribution in [1.82, 2.24) is 0 Å². The summed E-state index contributed by atoms with van der Waals surface area (Å²) in [5.74, 6) is 3.97. The predicted octanol–water partition coefficient (Wildman–Crippen LogP) is 8.06. The fourth-order valence-electron chi connectivity index (χ4n) is 9.22. The average molecular weight is 513 g/mol. The van der Waals surface area contributed by atoms with Gasteiger partial charge in [0.1, 0.15) is 6.10 Å². The van der Waals surface area contributed by atoms with Crippen LogP contribution in [0, 0.1) is 46.3 Å². The second-order valence-corrected chi connectivity index (χ2v) is 14.0. The minimum absolute atomic E-state index is 0.108. The van der Waals surface area contributed by atoms with Gasteiger partial charge >= 0.3 is 11.9 Å². The van der Waals surface area contributed by atoms with Gasteiger partial charge in [-0.15, -0.1) is 0 Å². The van der Waals surface area contributed by atoms with Crippen LogP contribution in [0.3, 0.4) is 0 Å². The number of carbonyl (C=O) groups is 2. The van der Waals surface area contributed by atoms with E-state index in [1.54, 1.807) is 6.92 Å². The standard InChI is InChI=1S/C33H52O4/c1-21(2)9-8-10-23(5)27-13-14-28-26-12-11-24-19-25(37-30(34)20-36-31(35)22(3)4)15-17-32(24,6)29(26)16-18-33(27,28)7/h11,21,23,25-29H,3,8-10,12-20H2,1-2,4-7H3/t23?,25-,26?,27?,28?,29?,32-,33+/m0/s1. The topological polar surface area (TPSA) is 52.6 Å². The SMILES string of the molecule is C=C(C)C(=O)OCC(=O)O[C@H]1CC[C@@]2(C)C(=CCC3C4CCC(C(C)CCCC(C)C)[C@@]4(C)CCC32)C1. The Kier molecular flexibility index (Phi) is 8.65. The molecule has 37 heavy (non-hydrogen) atoms. The molecule has 0 N–H and O–H groups in total. The molecule has 5 unspecified atom stereocenters. The third kappa shape index (κ3) is 5.74. The third-order valence-corrected chi connectivity index (χ3v) is 11.2. The molecule has 4 heteroatoms. The van der Waals surface area contributed by atoms with Gasteiger partial charge in [0.2, 0.25) is 0 Å². The van der Waals surface area contributed by atoms with E-state index < -0.39 is 11.9 Å². The van der Waals surface area contributed by atoms with Gasteiger partial charge in [-0.3, -0.25) is 0 Å². The van der Waals surface area contributed by atoms with Crippen molar-refractivity contribution in [3.63, 3.8) is 0 Å². The van der Waals surface area contributed by atoms with Crippen molar-refractivity contribution in [3.05, 3.63) is 23.8 Å². The molecule has 208 valence electrons. The van der Waals surface area contributed by atoms with Gasteiger partial charge in [0.05, 0.1) is 0 Å². The molecule has 3 fully saturated rings. The van der Waals surface area contributed by atoms with Gasteiger partial charge in [-0.05, 0) is 98.2 Å². The van der Waals surface area contributed by atoms with E-state index in [1.807, 2.05) is 0 Å². The van der Waals surface area contributed by atoms with Gasteiger partial charge in [0.15, 0.2) is 6.61 Å². The zero-order chi connectivity index (χ0) is 27.0. The van der Waals surface area contributed by atoms with Gasteiger partial charge in [-0.2, -0.15) is 0 Å². The van der Waals surface area contributed by atoms with Gasteiger partial charge in [0, 0.05) is 12.0 Å². The molecule has 4 nitrogen and oxygen atoms in total. The number of ether oxygens (including phenoxy) is 2. The maximum absolute atomic E-state index is 12.3. The minimum atomic E-state index is -0.544. The molecule has 8 atom stereocenters. The highest BCUT2D eigenvalue weighted by molar-refractivity contribution is 5.88. The van der Waals surface area contributed by atoms with Crippen LogP contribution in [0.5, 0.6) is 0 Å². The Morgan fingerprint density at radius 3 is 2.51 bits per heavy atom. The van der Waals surface area contributed by atoms with Crippen molar-refractivity contribution in [2.75, 3.05) is 6.61 Å². The van der Waals surface area contributed by atoms with Gasteiger partial charge in [0.25, 0.3) is 0 Å². The largest absolute Gasteiger partial charge is 0.460 e. The van der Waals surface area contributed by atoms with Crippen LogP contribution in [-0.2, 0) is 19.1 Å².